The van der Waals surface area contributed by atoms with Crippen molar-refractivity contribution < 1.29 is 4.74 Å². The lowest BCUT2D eigenvalue weighted by atomic mass is 10.2. The summed E-state index contributed by atoms with van der Waals surface area (Å²) in [6.45, 7) is 4.05. The molecule has 0 aliphatic rings. The Morgan fingerprint density at radius 2 is 1.67 bits per heavy atom. The van der Waals surface area contributed by atoms with Crippen molar-refractivity contribution in [2.24, 2.45) is 0 Å². The van der Waals surface area contributed by atoms with Crippen LogP contribution in [0.25, 0.3) is 0 Å². The van der Waals surface area contributed by atoms with Gasteiger partial charge in [0.2, 0.25) is 0 Å². The first kappa shape index (κ1) is 12.4. The molecule has 0 aromatic heterocycles. The second-order valence-electron chi connectivity index (χ2n) is 4.07. The highest BCUT2D eigenvalue weighted by molar-refractivity contribution is 7.80. The zero-order valence-corrected chi connectivity index (χ0v) is 10.7. The van der Waals surface area contributed by atoms with E-state index in [9.17, 15) is 0 Å². The largest absolute Gasteiger partial charge is 0.491 e. The lowest BCUT2D eigenvalue weighted by Crippen LogP contribution is -2.14. The van der Waals surface area contributed by atoms with E-state index in [0.717, 1.165) is 5.75 Å². The molecule has 0 saturated heterocycles. The standard InChI is InChI=1S/C12H19NOS/c1-9(2)14-11-7-5-10(6-8-11)12(15)13(3)4/h5-9,12,15H,1-4H3. The van der Waals surface area contributed by atoms with Crippen LogP contribution in [-0.4, -0.2) is 25.1 Å². The van der Waals surface area contributed by atoms with Gasteiger partial charge in [0, 0.05) is 0 Å². The molecular weight excluding hydrogens is 206 g/mol. The molecule has 0 amide bonds. The Kier molecular flexibility index (Phi) is 4.48. The quantitative estimate of drug-likeness (QED) is 0.625. The number of hydrogen-bond donors (Lipinski definition) is 1. The number of benzene rings is 1. The lowest BCUT2D eigenvalue weighted by molar-refractivity contribution is 0.242. The van der Waals surface area contributed by atoms with Crippen LogP contribution in [-0.2, 0) is 0 Å². The molecule has 1 rings (SSSR count). The van der Waals surface area contributed by atoms with Crippen LogP contribution in [0.15, 0.2) is 24.3 Å². The third kappa shape index (κ3) is 3.76. The van der Waals surface area contributed by atoms with E-state index in [0.29, 0.717) is 0 Å². The average molecular weight is 225 g/mol. The van der Waals surface area contributed by atoms with Gasteiger partial charge >= 0.3 is 0 Å². The molecule has 3 heteroatoms. The highest BCUT2D eigenvalue weighted by atomic mass is 32.1. The highest BCUT2D eigenvalue weighted by Crippen LogP contribution is 2.24. The van der Waals surface area contributed by atoms with Gasteiger partial charge in [-0.15, -0.1) is 0 Å². The molecule has 0 N–H and O–H groups in total. The summed E-state index contributed by atoms with van der Waals surface area (Å²) in [4.78, 5) is 2.06. The summed E-state index contributed by atoms with van der Waals surface area (Å²) in [5.41, 5.74) is 1.18. The molecule has 84 valence electrons. The maximum absolute atomic E-state index is 5.57. The van der Waals surface area contributed by atoms with Crippen LogP contribution in [0.5, 0.6) is 5.75 Å². The van der Waals surface area contributed by atoms with Gasteiger partial charge in [0.25, 0.3) is 0 Å². The van der Waals surface area contributed by atoms with Gasteiger partial charge in [-0.25, -0.2) is 0 Å². The maximum atomic E-state index is 5.57. The van der Waals surface area contributed by atoms with Crippen molar-refractivity contribution >= 4 is 12.6 Å². The Morgan fingerprint density at radius 3 is 2.07 bits per heavy atom. The topological polar surface area (TPSA) is 12.5 Å². The molecule has 1 aromatic rings. The van der Waals surface area contributed by atoms with E-state index >= 15 is 0 Å². The summed E-state index contributed by atoms with van der Waals surface area (Å²) in [7, 11) is 4.02. The van der Waals surface area contributed by atoms with E-state index in [2.05, 4.69) is 29.7 Å². The van der Waals surface area contributed by atoms with E-state index in [1.165, 1.54) is 5.56 Å². The van der Waals surface area contributed by atoms with Crippen LogP contribution in [0.4, 0.5) is 0 Å². The molecule has 15 heavy (non-hydrogen) atoms. The van der Waals surface area contributed by atoms with E-state index in [1.54, 1.807) is 0 Å². The molecule has 0 heterocycles. The third-order valence-corrected chi connectivity index (χ3v) is 2.80. The molecule has 0 saturated carbocycles. The van der Waals surface area contributed by atoms with E-state index in [4.69, 9.17) is 4.74 Å². The van der Waals surface area contributed by atoms with Gasteiger partial charge in [-0.2, -0.15) is 12.6 Å². The zero-order chi connectivity index (χ0) is 11.4. The predicted molar refractivity (Wildman–Crippen MR) is 67.6 cm³/mol. The Hall–Kier alpha value is -0.670. The first-order valence-corrected chi connectivity index (χ1v) is 5.63. The SMILES string of the molecule is CC(C)Oc1ccc(C(S)N(C)C)cc1. The van der Waals surface area contributed by atoms with Gasteiger partial charge in [-0.1, -0.05) is 12.1 Å². The maximum Gasteiger partial charge on any atom is 0.119 e. The van der Waals surface area contributed by atoms with Crippen molar-refractivity contribution in [2.75, 3.05) is 14.1 Å². The van der Waals surface area contributed by atoms with Gasteiger partial charge < -0.3 is 4.74 Å². The minimum Gasteiger partial charge on any atom is -0.491 e. The number of nitrogens with zero attached hydrogens (tertiary/aromatic N) is 1. The highest BCUT2D eigenvalue weighted by Gasteiger charge is 2.08. The average Bonchev–Trinajstić information content (AvgIpc) is 2.17. The molecule has 1 atom stereocenters. The van der Waals surface area contributed by atoms with E-state index in [-0.39, 0.29) is 11.5 Å². The van der Waals surface area contributed by atoms with Gasteiger partial charge in [0.1, 0.15) is 5.75 Å². The molecule has 0 fully saturated rings. The van der Waals surface area contributed by atoms with Crippen molar-refractivity contribution in [3.8, 4) is 5.75 Å². The first-order valence-electron chi connectivity index (χ1n) is 5.12. The predicted octanol–water partition coefficient (Wildman–Crippen LogP) is 2.96. The fourth-order valence-electron chi connectivity index (χ4n) is 1.29. The second-order valence-corrected chi connectivity index (χ2v) is 4.56. The zero-order valence-electron chi connectivity index (χ0n) is 9.77. The monoisotopic (exact) mass is 225 g/mol. The molecule has 0 radical (unpaired) electrons. The first-order chi connectivity index (χ1) is 7.00. The number of hydrogen-bond acceptors (Lipinski definition) is 3. The van der Waals surface area contributed by atoms with E-state index in [1.807, 2.05) is 40.1 Å². The summed E-state index contributed by atoms with van der Waals surface area (Å²) in [6.07, 6.45) is 0.219. The molecule has 0 bridgehead atoms. The molecule has 2 nitrogen and oxygen atoms in total. The smallest absolute Gasteiger partial charge is 0.119 e. The number of thiol groups is 1. The molecule has 0 aliphatic carbocycles. The van der Waals surface area contributed by atoms with E-state index < -0.39 is 0 Å². The second kappa shape index (κ2) is 5.42. The minimum atomic E-state index is 0.137. The summed E-state index contributed by atoms with van der Waals surface area (Å²) in [6, 6.07) is 8.08. The fourth-order valence-corrected chi connectivity index (χ4v) is 1.46. The van der Waals surface area contributed by atoms with Gasteiger partial charge in [0.05, 0.1) is 11.5 Å². The van der Waals surface area contributed by atoms with Crippen molar-refractivity contribution in [1.29, 1.82) is 0 Å². The summed E-state index contributed by atoms with van der Waals surface area (Å²) in [5, 5.41) is 0.137. The summed E-state index contributed by atoms with van der Waals surface area (Å²) >= 11 is 4.50. The Morgan fingerprint density at radius 1 is 1.13 bits per heavy atom. The van der Waals surface area contributed by atoms with Crippen LogP contribution >= 0.6 is 12.6 Å². The number of rotatable bonds is 4. The van der Waals surface area contributed by atoms with Crippen molar-refractivity contribution in [2.45, 2.75) is 25.3 Å². The molecular formula is C12H19NOS. The Bertz CT molecular complexity index is 295. The summed E-state index contributed by atoms with van der Waals surface area (Å²) < 4.78 is 5.57. The third-order valence-electron chi connectivity index (χ3n) is 2.04. The van der Waals surface area contributed by atoms with Crippen molar-refractivity contribution in [1.82, 2.24) is 4.90 Å². The molecule has 0 aliphatic heterocycles. The van der Waals surface area contributed by atoms with Gasteiger partial charge in [0.15, 0.2) is 0 Å². The van der Waals surface area contributed by atoms with Crippen molar-refractivity contribution in [3.05, 3.63) is 29.8 Å². The lowest BCUT2D eigenvalue weighted by Gasteiger charge is -2.19. The minimum absolute atomic E-state index is 0.137. The van der Waals surface area contributed by atoms with Crippen LogP contribution in [0.3, 0.4) is 0 Å². The Labute approximate surface area is 97.6 Å². The molecule has 1 aromatic carbocycles. The Balaban J connectivity index is 2.72. The van der Waals surface area contributed by atoms with Gasteiger partial charge in [-0.3, -0.25) is 4.90 Å². The van der Waals surface area contributed by atoms with Crippen molar-refractivity contribution in [3.63, 3.8) is 0 Å². The summed E-state index contributed by atoms with van der Waals surface area (Å²) in [5.74, 6) is 0.910. The number of ether oxygens (including phenoxy) is 1. The molecule has 1 unspecified atom stereocenters. The van der Waals surface area contributed by atoms with Crippen LogP contribution in [0, 0.1) is 0 Å². The van der Waals surface area contributed by atoms with Crippen LogP contribution in [0.2, 0.25) is 0 Å². The van der Waals surface area contributed by atoms with Crippen LogP contribution < -0.4 is 4.74 Å². The fraction of sp³-hybridized carbons (Fsp3) is 0.500. The van der Waals surface area contributed by atoms with Crippen LogP contribution in [0.1, 0.15) is 24.8 Å². The normalized spacial score (nSPS) is 13.3. The van der Waals surface area contributed by atoms with Gasteiger partial charge in [-0.05, 0) is 45.6 Å². The molecule has 0 spiro atoms.